The van der Waals surface area contributed by atoms with Gasteiger partial charge in [-0.15, -0.1) is 5.10 Å². The van der Waals surface area contributed by atoms with Crippen molar-refractivity contribution in [3.63, 3.8) is 0 Å². The lowest BCUT2D eigenvalue weighted by molar-refractivity contribution is -0.116. The second-order valence-corrected chi connectivity index (χ2v) is 9.19. The van der Waals surface area contributed by atoms with Gasteiger partial charge in [0.2, 0.25) is 11.1 Å². The molecule has 7 nitrogen and oxygen atoms in total. The molecule has 2 aliphatic rings. The van der Waals surface area contributed by atoms with E-state index in [0.717, 1.165) is 35.4 Å². The first-order valence-corrected chi connectivity index (χ1v) is 12.0. The molecular formula is C25H26N4O3S. The van der Waals surface area contributed by atoms with E-state index in [9.17, 15) is 4.79 Å². The largest absolute Gasteiger partial charge is 0.493 e. The van der Waals surface area contributed by atoms with Crippen molar-refractivity contribution in [1.82, 2.24) is 14.8 Å². The van der Waals surface area contributed by atoms with Crippen molar-refractivity contribution in [2.45, 2.75) is 43.1 Å². The molecule has 2 aromatic carbocycles. The third-order valence-electron chi connectivity index (χ3n) is 6.02. The molecule has 1 N–H and O–H groups in total. The number of rotatable bonds is 6. The molecule has 2 heterocycles. The van der Waals surface area contributed by atoms with Gasteiger partial charge in [-0.2, -0.15) is 4.98 Å². The van der Waals surface area contributed by atoms with E-state index in [2.05, 4.69) is 36.5 Å². The van der Waals surface area contributed by atoms with Gasteiger partial charge in [-0.3, -0.25) is 4.79 Å². The summed E-state index contributed by atoms with van der Waals surface area (Å²) in [5, 5.41) is 8.88. The van der Waals surface area contributed by atoms with E-state index in [4.69, 9.17) is 19.6 Å². The fourth-order valence-electron chi connectivity index (χ4n) is 4.48. The quantitative estimate of drug-likeness (QED) is 0.521. The number of allylic oxidation sites excluding steroid dienone is 2. The highest BCUT2D eigenvalue weighted by Crippen LogP contribution is 2.42. The van der Waals surface area contributed by atoms with Gasteiger partial charge in [-0.1, -0.05) is 47.7 Å². The molecular weight excluding hydrogens is 436 g/mol. The van der Waals surface area contributed by atoms with Gasteiger partial charge in [0.05, 0.1) is 14.2 Å². The van der Waals surface area contributed by atoms with Crippen LogP contribution in [0.1, 0.15) is 42.0 Å². The molecule has 1 unspecified atom stereocenters. The highest BCUT2D eigenvalue weighted by atomic mass is 32.2. The van der Waals surface area contributed by atoms with Crippen LogP contribution in [0.25, 0.3) is 0 Å². The topological polar surface area (TPSA) is 78.3 Å². The van der Waals surface area contributed by atoms with Crippen LogP contribution in [-0.4, -0.2) is 34.8 Å². The Balaban J connectivity index is 1.53. The maximum Gasteiger partial charge on any atom is 0.227 e. The van der Waals surface area contributed by atoms with E-state index < -0.39 is 0 Å². The van der Waals surface area contributed by atoms with Crippen LogP contribution in [-0.2, 0) is 10.5 Å². The van der Waals surface area contributed by atoms with Crippen molar-refractivity contribution in [3.05, 3.63) is 70.4 Å². The first-order chi connectivity index (χ1) is 16.1. The number of carbonyl (C=O) groups excluding carboxylic acids is 1. The van der Waals surface area contributed by atoms with Crippen molar-refractivity contribution >= 4 is 23.5 Å². The number of ether oxygens (including phenoxy) is 2. The van der Waals surface area contributed by atoms with Gasteiger partial charge < -0.3 is 14.8 Å². The molecule has 170 valence electrons. The molecule has 0 amide bonds. The zero-order chi connectivity index (χ0) is 22.9. The van der Waals surface area contributed by atoms with Gasteiger partial charge in [-0.05, 0) is 43.0 Å². The van der Waals surface area contributed by atoms with E-state index in [1.54, 1.807) is 26.0 Å². The molecule has 1 aliphatic heterocycles. The number of aromatic nitrogens is 3. The fraction of sp³-hybridized carbons (Fsp3) is 0.320. The summed E-state index contributed by atoms with van der Waals surface area (Å²) in [5.74, 6) is 2.86. The molecule has 33 heavy (non-hydrogen) atoms. The van der Waals surface area contributed by atoms with Crippen LogP contribution in [0.15, 0.2) is 58.9 Å². The average molecular weight is 463 g/mol. The lowest BCUT2D eigenvalue weighted by Gasteiger charge is -2.32. The summed E-state index contributed by atoms with van der Waals surface area (Å²) in [6, 6.07) is 13.8. The van der Waals surface area contributed by atoms with E-state index in [1.165, 1.54) is 11.1 Å². The first-order valence-electron chi connectivity index (χ1n) is 11.0. The molecule has 0 radical (unpaired) electrons. The number of hydrogen-bond acceptors (Lipinski definition) is 7. The molecule has 0 saturated heterocycles. The lowest BCUT2D eigenvalue weighted by atomic mass is 9.85. The molecule has 0 fully saturated rings. The Morgan fingerprint density at radius 2 is 1.97 bits per heavy atom. The fourth-order valence-corrected chi connectivity index (χ4v) is 5.25. The second kappa shape index (κ2) is 8.94. The summed E-state index contributed by atoms with van der Waals surface area (Å²) in [5.41, 5.74) is 5.08. The van der Waals surface area contributed by atoms with Gasteiger partial charge in [0.1, 0.15) is 6.04 Å². The molecule has 8 heteroatoms. The van der Waals surface area contributed by atoms with Crippen LogP contribution >= 0.6 is 11.8 Å². The van der Waals surface area contributed by atoms with E-state index >= 15 is 0 Å². The van der Waals surface area contributed by atoms with E-state index in [0.29, 0.717) is 29.0 Å². The summed E-state index contributed by atoms with van der Waals surface area (Å²) in [4.78, 5) is 17.8. The van der Waals surface area contributed by atoms with Gasteiger partial charge in [0.15, 0.2) is 17.3 Å². The molecule has 1 aliphatic carbocycles. The number of fused-ring (bicyclic) bond motifs is 1. The Hall–Kier alpha value is -3.26. The van der Waals surface area contributed by atoms with E-state index in [-0.39, 0.29) is 11.8 Å². The van der Waals surface area contributed by atoms with Gasteiger partial charge in [0.25, 0.3) is 0 Å². The van der Waals surface area contributed by atoms with Crippen LogP contribution in [0.4, 0.5) is 5.95 Å². The maximum absolute atomic E-state index is 13.0. The predicted octanol–water partition coefficient (Wildman–Crippen LogP) is 4.92. The molecule has 3 aromatic rings. The minimum atomic E-state index is -0.357. The van der Waals surface area contributed by atoms with Crippen molar-refractivity contribution in [1.29, 1.82) is 0 Å². The number of nitrogens with zero attached hydrogens (tertiary/aromatic N) is 3. The predicted molar refractivity (Wildman–Crippen MR) is 128 cm³/mol. The third-order valence-corrected chi connectivity index (χ3v) is 6.93. The van der Waals surface area contributed by atoms with Gasteiger partial charge in [0, 0.05) is 23.4 Å². The minimum Gasteiger partial charge on any atom is -0.493 e. The van der Waals surface area contributed by atoms with Crippen LogP contribution < -0.4 is 14.8 Å². The molecule has 5 rings (SSSR count). The van der Waals surface area contributed by atoms with Crippen LogP contribution in [0.2, 0.25) is 0 Å². The first kappa shape index (κ1) is 21.6. The monoisotopic (exact) mass is 462 g/mol. The normalized spacial score (nSPS) is 17.3. The maximum atomic E-state index is 13.0. The van der Waals surface area contributed by atoms with E-state index in [1.807, 2.05) is 22.9 Å². The standard InChI is InChI=1S/C25H26N4O3S/c1-15-6-4-7-16(12-15)14-33-25-27-24-26-18-8-5-9-19(30)22(18)23(29(24)28-25)17-10-11-20(31-2)21(13-17)32-3/h4,6-7,10-13,23H,5,8-9,14H2,1-3H3,(H,26,27,28). The van der Waals surface area contributed by atoms with Gasteiger partial charge in [-0.25, -0.2) is 4.68 Å². The minimum absolute atomic E-state index is 0.152. The number of Topliss-reactive ketones (excluding diaryl/α,β-unsaturated/α-hetero) is 1. The Morgan fingerprint density at radius 3 is 2.76 bits per heavy atom. The number of thioether (sulfide) groups is 1. The van der Waals surface area contributed by atoms with Crippen molar-refractivity contribution in [2.24, 2.45) is 0 Å². The number of nitrogens with one attached hydrogen (secondary N) is 1. The number of benzene rings is 2. The van der Waals surface area contributed by atoms with Crippen LogP contribution in [0, 0.1) is 6.92 Å². The number of anilines is 1. The molecule has 1 aromatic heterocycles. The number of methoxy groups -OCH3 is 2. The van der Waals surface area contributed by atoms with Crippen molar-refractivity contribution in [2.75, 3.05) is 19.5 Å². The van der Waals surface area contributed by atoms with Crippen LogP contribution in [0.3, 0.4) is 0 Å². The highest BCUT2D eigenvalue weighted by molar-refractivity contribution is 7.98. The Labute approximate surface area is 197 Å². The summed E-state index contributed by atoms with van der Waals surface area (Å²) in [6.07, 6.45) is 2.21. The van der Waals surface area contributed by atoms with Crippen LogP contribution in [0.5, 0.6) is 11.5 Å². The zero-order valence-corrected chi connectivity index (χ0v) is 19.7. The number of hydrogen-bond donors (Lipinski definition) is 1. The summed E-state index contributed by atoms with van der Waals surface area (Å²) >= 11 is 1.59. The number of ketones is 1. The highest BCUT2D eigenvalue weighted by Gasteiger charge is 2.37. The summed E-state index contributed by atoms with van der Waals surface area (Å²) < 4.78 is 12.8. The Morgan fingerprint density at radius 1 is 1.12 bits per heavy atom. The van der Waals surface area contributed by atoms with Gasteiger partial charge >= 0.3 is 0 Å². The summed E-state index contributed by atoms with van der Waals surface area (Å²) in [7, 11) is 3.22. The number of aryl methyl sites for hydroxylation is 1. The molecule has 1 atom stereocenters. The zero-order valence-electron chi connectivity index (χ0n) is 18.9. The molecule has 0 spiro atoms. The smallest absolute Gasteiger partial charge is 0.227 e. The molecule has 0 bridgehead atoms. The third kappa shape index (κ3) is 4.11. The second-order valence-electron chi connectivity index (χ2n) is 8.25. The van der Waals surface area contributed by atoms with Crippen molar-refractivity contribution in [3.8, 4) is 11.5 Å². The SMILES string of the molecule is COc1ccc(C2C3=C(CCCC3=O)Nc3nc(SCc4cccc(C)c4)nn32)cc1OC. The Bertz CT molecular complexity index is 1250. The number of carbonyl (C=O) groups is 1. The lowest BCUT2D eigenvalue weighted by Crippen LogP contribution is -2.31. The average Bonchev–Trinajstić information content (AvgIpc) is 3.23. The summed E-state index contributed by atoms with van der Waals surface area (Å²) in [6.45, 7) is 2.09. The molecule has 0 saturated carbocycles. The van der Waals surface area contributed by atoms with Crippen molar-refractivity contribution < 1.29 is 14.3 Å². The Kier molecular flexibility index (Phi) is 5.85.